The lowest BCUT2D eigenvalue weighted by atomic mass is 9.99. The van der Waals surface area contributed by atoms with Gasteiger partial charge in [-0.05, 0) is 55.8 Å². The van der Waals surface area contributed by atoms with Crippen LogP contribution in [0.3, 0.4) is 0 Å². The molecule has 3 N–H and O–H groups in total. The SMILES string of the molecule is CC(C)NC(C)C.CCOc1ccc(CC(C)(C(N)=O)S(=O)(=O)c2ccc(OC)cc2)cc1. The Morgan fingerprint density at radius 2 is 1.45 bits per heavy atom. The van der Waals surface area contributed by atoms with Gasteiger partial charge in [0.1, 0.15) is 11.5 Å². The Kier molecular flexibility index (Phi) is 10.9. The topological polar surface area (TPSA) is 108 Å². The van der Waals surface area contributed by atoms with Crippen LogP contribution in [0.2, 0.25) is 0 Å². The number of ether oxygens (including phenoxy) is 2. The number of nitrogens with one attached hydrogen (secondary N) is 1. The van der Waals surface area contributed by atoms with Gasteiger partial charge in [-0.1, -0.05) is 39.8 Å². The molecule has 1 unspecified atom stereocenters. The van der Waals surface area contributed by atoms with E-state index in [0.29, 0.717) is 35.8 Å². The van der Waals surface area contributed by atoms with E-state index in [1.54, 1.807) is 24.3 Å². The number of hydrogen-bond acceptors (Lipinski definition) is 6. The number of methoxy groups -OCH3 is 1. The number of carbonyl (C=O) groups is 1. The van der Waals surface area contributed by atoms with Gasteiger partial charge in [0.2, 0.25) is 5.91 Å². The summed E-state index contributed by atoms with van der Waals surface area (Å²) in [5, 5.41) is 3.31. The standard InChI is InChI=1S/C19H23NO5S.C6H15N/c1-4-25-16-7-5-14(6-8-16)13-19(2,18(20)21)26(22,23)17-11-9-15(24-3)10-12-17;1-5(2)7-6(3)4/h5-12H,4,13H2,1-3H3,(H2,20,21);5-7H,1-4H3. The lowest BCUT2D eigenvalue weighted by Gasteiger charge is -2.26. The number of amides is 1. The molecule has 0 saturated carbocycles. The van der Waals surface area contributed by atoms with E-state index in [0.717, 1.165) is 0 Å². The second kappa shape index (κ2) is 12.6. The van der Waals surface area contributed by atoms with Crippen molar-refractivity contribution in [1.29, 1.82) is 0 Å². The molecule has 1 amide bonds. The zero-order valence-electron chi connectivity index (χ0n) is 20.7. The number of carbonyl (C=O) groups excluding carboxylic acids is 1. The Balaban J connectivity index is 0.000000675. The second-order valence-corrected chi connectivity index (χ2v) is 10.9. The minimum Gasteiger partial charge on any atom is -0.497 e. The van der Waals surface area contributed by atoms with Crippen LogP contribution in [0.5, 0.6) is 11.5 Å². The average Bonchev–Trinajstić information content (AvgIpc) is 2.74. The molecule has 8 heteroatoms. The molecule has 7 nitrogen and oxygen atoms in total. The molecule has 1 atom stereocenters. The van der Waals surface area contributed by atoms with Crippen LogP contribution in [0.15, 0.2) is 53.4 Å². The smallest absolute Gasteiger partial charge is 0.239 e. The summed E-state index contributed by atoms with van der Waals surface area (Å²) in [4.78, 5) is 12.2. The van der Waals surface area contributed by atoms with E-state index in [2.05, 4.69) is 33.0 Å². The molecule has 0 radical (unpaired) electrons. The van der Waals surface area contributed by atoms with E-state index in [4.69, 9.17) is 15.2 Å². The highest BCUT2D eigenvalue weighted by Gasteiger charge is 2.46. The minimum atomic E-state index is -4.00. The van der Waals surface area contributed by atoms with Crippen molar-refractivity contribution >= 4 is 15.7 Å². The molecular weight excluding hydrogens is 440 g/mol. The Morgan fingerprint density at radius 3 is 1.82 bits per heavy atom. The van der Waals surface area contributed by atoms with Crippen LogP contribution in [-0.2, 0) is 21.1 Å². The van der Waals surface area contributed by atoms with Gasteiger partial charge in [0.15, 0.2) is 14.6 Å². The summed E-state index contributed by atoms with van der Waals surface area (Å²) in [5.74, 6) is 0.300. The fourth-order valence-electron chi connectivity index (χ4n) is 3.26. The van der Waals surface area contributed by atoms with Gasteiger partial charge in [0.05, 0.1) is 18.6 Å². The predicted octanol–water partition coefficient (Wildman–Crippen LogP) is 3.75. The van der Waals surface area contributed by atoms with Crippen molar-refractivity contribution < 1.29 is 22.7 Å². The molecule has 0 aliphatic rings. The maximum Gasteiger partial charge on any atom is 0.239 e. The van der Waals surface area contributed by atoms with E-state index in [9.17, 15) is 13.2 Å². The fraction of sp³-hybridized carbons (Fsp3) is 0.480. The Bertz CT molecular complexity index is 965. The zero-order chi connectivity index (χ0) is 25.2. The molecule has 184 valence electrons. The highest BCUT2D eigenvalue weighted by molar-refractivity contribution is 7.93. The van der Waals surface area contributed by atoms with Gasteiger partial charge < -0.3 is 20.5 Å². The van der Waals surface area contributed by atoms with Gasteiger partial charge in [-0.3, -0.25) is 4.79 Å². The third-order valence-electron chi connectivity index (χ3n) is 4.93. The van der Waals surface area contributed by atoms with E-state index < -0.39 is 20.5 Å². The van der Waals surface area contributed by atoms with Gasteiger partial charge in [-0.15, -0.1) is 0 Å². The highest BCUT2D eigenvalue weighted by atomic mass is 32.2. The number of rotatable bonds is 10. The van der Waals surface area contributed by atoms with Crippen LogP contribution in [0.4, 0.5) is 0 Å². The summed E-state index contributed by atoms with van der Waals surface area (Å²) < 4.78 is 34.8. The maximum atomic E-state index is 13.1. The second-order valence-electron chi connectivity index (χ2n) is 8.50. The summed E-state index contributed by atoms with van der Waals surface area (Å²) in [7, 11) is -2.52. The summed E-state index contributed by atoms with van der Waals surface area (Å²) in [6, 6.07) is 14.1. The predicted molar refractivity (Wildman–Crippen MR) is 133 cm³/mol. The third kappa shape index (κ3) is 8.05. The largest absolute Gasteiger partial charge is 0.497 e. The molecule has 2 aromatic carbocycles. The third-order valence-corrected chi connectivity index (χ3v) is 7.35. The molecule has 0 aliphatic heterocycles. The normalized spacial score (nSPS) is 13.1. The van der Waals surface area contributed by atoms with Crippen molar-refractivity contribution in [2.45, 2.75) is 69.7 Å². The first-order valence-electron chi connectivity index (χ1n) is 11.0. The Labute approximate surface area is 198 Å². The molecule has 0 spiro atoms. The molecule has 0 fully saturated rings. The lowest BCUT2D eigenvalue weighted by Crippen LogP contribution is -2.49. The van der Waals surface area contributed by atoms with Crippen LogP contribution in [0, 0.1) is 0 Å². The maximum absolute atomic E-state index is 13.1. The summed E-state index contributed by atoms with van der Waals surface area (Å²) >= 11 is 0. The average molecular weight is 479 g/mol. The molecule has 0 saturated heterocycles. The first-order valence-corrected chi connectivity index (χ1v) is 12.5. The van der Waals surface area contributed by atoms with Gasteiger partial charge in [0.25, 0.3) is 0 Å². The number of nitrogens with two attached hydrogens (primary N) is 1. The Morgan fingerprint density at radius 1 is 0.970 bits per heavy atom. The van der Waals surface area contributed by atoms with E-state index in [1.165, 1.54) is 38.3 Å². The number of sulfone groups is 1. The van der Waals surface area contributed by atoms with Crippen molar-refractivity contribution in [3.63, 3.8) is 0 Å². The van der Waals surface area contributed by atoms with Crippen LogP contribution >= 0.6 is 0 Å². The minimum absolute atomic E-state index is 0.0190. The quantitative estimate of drug-likeness (QED) is 0.539. The first-order chi connectivity index (χ1) is 15.4. The van der Waals surface area contributed by atoms with E-state index >= 15 is 0 Å². The molecule has 0 heterocycles. The van der Waals surface area contributed by atoms with Crippen molar-refractivity contribution in [3.8, 4) is 11.5 Å². The molecule has 0 aliphatic carbocycles. The molecule has 2 aromatic rings. The summed E-state index contributed by atoms with van der Waals surface area (Å²) in [6.07, 6.45) is -0.0386. The van der Waals surface area contributed by atoms with Gasteiger partial charge in [-0.25, -0.2) is 8.42 Å². The Hall–Kier alpha value is -2.58. The number of benzene rings is 2. The van der Waals surface area contributed by atoms with Gasteiger partial charge in [0, 0.05) is 18.5 Å². The van der Waals surface area contributed by atoms with Crippen LogP contribution in [-0.4, -0.2) is 44.9 Å². The van der Waals surface area contributed by atoms with Crippen molar-refractivity contribution in [3.05, 3.63) is 54.1 Å². The lowest BCUT2D eigenvalue weighted by molar-refractivity contribution is -0.120. The van der Waals surface area contributed by atoms with Crippen LogP contribution in [0.25, 0.3) is 0 Å². The van der Waals surface area contributed by atoms with Crippen LogP contribution in [0.1, 0.15) is 47.1 Å². The first kappa shape index (κ1) is 28.5. The van der Waals surface area contributed by atoms with Crippen molar-refractivity contribution in [2.75, 3.05) is 13.7 Å². The number of hydrogen-bond donors (Lipinski definition) is 2. The summed E-state index contributed by atoms with van der Waals surface area (Å²) in [5.41, 5.74) is 6.18. The molecule has 0 bridgehead atoms. The van der Waals surface area contributed by atoms with Crippen LogP contribution < -0.4 is 20.5 Å². The van der Waals surface area contributed by atoms with E-state index in [-0.39, 0.29) is 11.3 Å². The van der Waals surface area contributed by atoms with Crippen molar-refractivity contribution in [1.82, 2.24) is 5.32 Å². The highest BCUT2D eigenvalue weighted by Crippen LogP contribution is 2.31. The van der Waals surface area contributed by atoms with Crippen molar-refractivity contribution in [2.24, 2.45) is 5.73 Å². The van der Waals surface area contributed by atoms with Gasteiger partial charge in [-0.2, -0.15) is 0 Å². The summed E-state index contributed by atoms with van der Waals surface area (Å²) in [6.45, 7) is 12.4. The number of primary amides is 1. The van der Waals surface area contributed by atoms with Gasteiger partial charge >= 0.3 is 0 Å². The zero-order valence-corrected chi connectivity index (χ0v) is 21.5. The van der Waals surface area contributed by atoms with E-state index in [1.807, 2.05) is 6.92 Å². The molecular formula is C25H38N2O5S. The molecule has 0 aromatic heterocycles. The monoisotopic (exact) mass is 478 g/mol. The molecule has 33 heavy (non-hydrogen) atoms. The fourth-order valence-corrected chi connectivity index (χ4v) is 4.89. The molecule has 2 rings (SSSR count).